The molecule has 0 bridgehead atoms. The normalized spacial score (nSPS) is 13.8. The molecule has 0 radical (unpaired) electrons. The molecule has 1 heterocycles. The number of imide groups is 1. The van der Waals surface area contributed by atoms with Crippen molar-refractivity contribution in [3.63, 3.8) is 0 Å². The molecule has 4 rings (SSSR count). The molecular formula is C25H21NO3S. The van der Waals surface area contributed by atoms with Crippen molar-refractivity contribution in [2.24, 2.45) is 0 Å². The van der Waals surface area contributed by atoms with Crippen LogP contribution < -0.4 is 4.74 Å². The van der Waals surface area contributed by atoms with Gasteiger partial charge < -0.3 is 4.74 Å². The zero-order valence-electron chi connectivity index (χ0n) is 16.6. The summed E-state index contributed by atoms with van der Waals surface area (Å²) >= 11 is 1.35. The first-order chi connectivity index (χ1) is 14.7. The summed E-state index contributed by atoms with van der Waals surface area (Å²) < 4.78 is 5.19. The number of methoxy groups -OCH3 is 1. The van der Waals surface area contributed by atoms with E-state index in [2.05, 4.69) is 0 Å². The van der Waals surface area contributed by atoms with Crippen LogP contribution in [0.2, 0.25) is 0 Å². The number of hydrogen-bond donors (Lipinski definition) is 0. The Kier molecular flexibility index (Phi) is 6.00. The second-order valence-corrected chi connectivity index (χ2v) is 7.93. The fraction of sp³-hybridized carbons (Fsp3) is 0.120. The lowest BCUT2D eigenvalue weighted by Gasteiger charge is -2.15. The Morgan fingerprint density at radius 1 is 0.800 bits per heavy atom. The smallest absolute Gasteiger partial charge is 0.268 e. The van der Waals surface area contributed by atoms with Crippen LogP contribution in [0.25, 0.3) is 5.57 Å². The van der Waals surface area contributed by atoms with E-state index in [1.807, 2.05) is 84.9 Å². The van der Waals surface area contributed by atoms with Crippen LogP contribution in [0.3, 0.4) is 0 Å². The molecule has 0 unspecified atom stereocenters. The number of ether oxygens (including phenoxy) is 1. The van der Waals surface area contributed by atoms with Crippen molar-refractivity contribution in [1.29, 1.82) is 0 Å². The third kappa shape index (κ3) is 4.16. The summed E-state index contributed by atoms with van der Waals surface area (Å²) in [5, 5.41) is 0. The molecule has 2 amide bonds. The second kappa shape index (κ2) is 9.01. The molecule has 0 saturated heterocycles. The summed E-state index contributed by atoms with van der Waals surface area (Å²) in [5.41, 5.74) is 2.28. The summed E-state index contributed by atoms with van der Waals surface area (Å²) in [6, 6.07) is 26.7. The van der Waals surface area contributed by atoms with Crippen LogP contribution in [-0.4, -0.2) is 30.4 Å². The molecule has 0 N–H and O–H groups in total. The maximum absolute atomic E-state index is 13.3. The average molecular weight is 416 g/mol. The molecule has 0 atom stereocenters. The lowest BCUT2D eigenvalue weighted by molar-refractivity contribution is -0.136. The van der Waals surface area contributed by atoms with Crippen LogP contribution in [0.1, 0.15) is 11.1 Å². The molecule has 30 heavy (non-hydrogen) atoms. The van der Waals surface area contributed by atoms with E-state index in [-0.39, 0.29) is 11.8 Å². The highest BCUT2D eigenvalue weighted by atomic mass is 32.2. The summed E-state index contributed by atoms with van der Waals surface area (Å²) in [7, 11) is 1.62. The van der Waals surface area contributed by atoms with Crippen LogP contribution in [0.4, 0.5) is 0 Å². The average Bonchev–Trinajstić information content (AvgIpc) is 3.03. The maximum atomic E-state index is 13.3. The van der Waals surface area contributed by atoms with E-state index >= 15 is 0 Å². The van der Waals surface area contributed by atoms with Crippen molar-refractivity contribution >= 4 is 29.1 Å². The molecule has 0 saturated carbocycles. The van der Waals surface area contributed by atoms with Crippen molar-refractivity contribution in [2.75, 3.05) is 13.7 Å². The van der Waals surface area contributed by atoms with Gasteiger partial charge in [-0.2, -0.15) is 0 Å². The van der Waals surface area contributed by atoms with Gasteiger partial charge in [0.25, 0.3) is 11.8 Å². The quantitative estimate of drug-likeness (QED) is 0.520. The lowest BCUT2D eigenvalue weighted by Crippen LogP contribution is -2.33. The Morgan fingerprint density at radius 3 is 2.07 bits per heavy atom. The Morgan fingerprint density at radius 2 is 1.43 bits per heavy atom. The Hall–Kier alpha value is -3.31. The van der Waals surface area contributed by atoms with Crippen molar-refractivity contribution in [3.05, 3.63) is 101 Å². The predicted molar refractivity (Wildman–Crippen MR) is 119 cm³/mol. The maximum Gasteiger partial charge on any atom is 0.268 e. The van der Waals surface area contributed by atoms with Crippen LogP contribution >= 0.6 is 11.8 Å². The number of carbonyl (C=O) groups is 2. The van der Waals surface area contributed by atoms with Gasteiger partial charge in [-0.05, 0) is 41.8 Å². The highest BCUT2D eigenvalue weighted by Gasteiger charge is 2.39. The zero-order valence-corrected chi connectivity index (χ0v) is 17.4. The highest BCUT2D eigenvalue weighted by Crippen LogP contribution is 2.39. The third-order valence-electron chi connectivity index (χ3n) is 4.93. The van der Waals surface area contributed by atoms with E-state index in [4.69, 9.17) is 4.74 Å². The monoisotopic (exact) mass is 415 g/mol. The van der Waals surface area contributed by atoms with Gasteiger partial charge in [0.1, 0.15) is 5.75 Å². The fourth-order valence-corrected chi connectivity index (χ4v) is 4.38. The first-order valence-electron chi connectivity index (χ1n) is 9.69. The van der Waals surface area contributed by atoms with Gasteiger partial charge >= 0.3 is 0 Å². The molecular weight excluding hydrogens is 394 g/mol. The molecule has 0 aromatic heterocycles. The Balaban J connectivity index is 1.60. The minimum absolute atomic E-state index is 0.235. The summed E-state index contributed by atoms with van der Waals surface area (Å²) in [6.45, 7) is 0.333. The molecule has 0 fully saturated rings. The predicted octanol–water partition coefficient (Wildman–Crippen LogP) is 4.81. The summed E-state index contributed by atoms with van der Waals surface area (Å²) in [4.78, 5) is 29.3. The SMILES string of the molecule is COc1ccc(CCN2C(=O)C(Sc3ccccc3)=C(c3ccccc3)C2=O)cc1. The summed E-state index contributed by atoms with van der Waals surface area (Å²) in [6.07, 6.45) is 0.590. The minimum atomic E-state index is -0.238. The second-order valence-electron chi connectivity index (χ2n) is 6.85. The molecule has 150 valence electrons. The van der Waals surface area contributed by atoms with Crippen LogP contribution in [0.5, 0.6) is 5.75 Å². The van der Waals surface area contributed by atoms with Gasteiger partial charge in [-0.3, -0.25) is 14.5 Å². The largest absolute Gasteiger partial charge is 0.497 e. The molecule has 0 spiro atoms. The van der Waals surface area contributed by atoms with Crippen molar-refractivity contribution in [1.82, 2.24) is 4.90 Å². The van der Waals surface area contributed by atoms with Gasteiger partial charge in [-0.25, -0.2) is 0 Å². The van der Waals surface area contributed by atoms with E-state index in [1.165, 1.54) is 16.7 Å². The van der Waals surface area contributed by atoms with Crippen LogP contribution in [0.15, 0.2) is 94.7 Å². The third-order valence-corrected chi connectivity index (χ3v) is 6.02. The van der Waals surface area contributed by atoms with Crippen molar-refractivity contribution in [2.45, 2.75) is 11.3 Å². The standard InChI is InChI=1S/C25H21NO3S/c1-29-20-14-12-18(13-15-20)16-17-26-24(27)22(19-8-4-2-5-9-19)23(25(26)28)30-21-10-6-3-7-11-21/h2-15H,16-17H2,1H3. The van der Waals surface area contributed by atoms with Gasteiger partial charge in [-0.15, -0.1) is 0 Å². The van der Waals surface area contributed by atoms with Crippen molar-refractivity contribution in [3.8, 4) is 5.75 Å². The van der Waals surface area contributed by atoms with E-state index in [1.54, 1.807) is 7.11 Å². The number of hydrogen-bond acceptors (Lipinski definition) is 4. The van der Waals surface area contributed by atoms with Gasteiger partial charge in [0, 0.05) is 11.4 Å². The fourth-order valence-electron chi connectivity index (χ4n) is 3.35. The molecule has 5 heteroatoms. The number of nitrogens with zero attached hydrogens (tertiary/aromatic N) is 1. The molecule has 3 aromatic rings. The van der Waals surface area contributed by atoms with Crippen LogP contribution in [-0.2, 0) is 16.0 Å². The Labute approximate surface area is 180 Å². The molecule has 0 aliphatic carbocycles. The van der Waals surface area contributed by atoms with E-state index < -0.39 is 0 Å². The first-order valence-corrected chi connectivity index (χ1v) is 10.5. The number of carbonyl (C=O) groups excluding carboxylic acids is 2. The van der Waals surface area contributed by atoms with E-state index in [0.29, 0.717) is 23.4 Å². The van der Waals surface area contributed by atoms with Gasteiger partial charge in [0.2, 0.25) is 0 Å². The molecule has 1 aliphatic rings. The van der Waals surface area contributed by atoms with Crippen LogP contribution in [0, 0.1) is 0 Å². The zero-order chi connectivity index (χ0) is 20.9. The molecule has 3 aromatic carbocycles. The van der Waals surface area contributed by atoms with Gasteiger partial charge in [0.05, 0.1) is 17.6 Å². The van der Waals surface area contributed by atoms with E-state index in [9.17, 15) is 9.59 Å². The highest BCUT2D eigenvalue weighted by molar-refractivity contribution is 8.04. The van der Waals surface area contributed by atoms with Gasteiger partial charge in [-0.1, -0.05) is 72.4 Å². The van der Waals surface area contributed by atoms with E-state index in [0.717, 1.165) is 21.8 Å². The molecule has 4 nitrogen and oxygen atoms in total. The Bertz CT molecular complexity index is 1080. The topological polar surface area (TPSA) is 46.6 Å². The number of benzene rings is 3. The summed E-state index contributed by atoms with van der Waals surface area (Å²) in [5.74, 6) is 0.306. The number of thioether (sulfide) groups is 1. The minimum Gasteiger partial charge on any atom is -0.497 e. The number of amides is 2. The van der Waals surface area contributed by atoms with Crippen molar-refractivity contribution < 1.29 is 14.3 Å². The lowest BCUT2D eigenvalue weighted by atomic mass is 10.1. The first kappa shape index (κ1) is 20.0. The number of rotatable bonds is 7. The molecule has 1 aliphatic heterocycles. The van der Waals surface area contributed by atoms with Gasteiger partial charge in [0.15, 0.2) is 0 Å².